The third-order valence-corrected chi connectivity index (χ3v) is 4.62. The SMILES string of the molecule is CCOC(=O)[C@H](OC[C@@H]1O[C@H](n2cnc3c(N)nc(C)nc32)[C@@H](O)[C@H]1O)O[P+](=O)O. The Balaban J connectivity index is 1.75. The Labute approximate surface area is 170 Å². The number of fused-ring (bicyclic) bond motifs is 1. The van der Waals surface area contributed by atoms with Crippen molar-refractivity contribution in [3.05, 3.63) is 12.2 Å². The van der Waals surface area contributed by atoms with E-state index in [1.807, 2.05) is 0 Å². The second-order valence-corrected chi connectivity index (χ2v) is 6.97. The molecular weight excluding hydrogens is 425 g/mol. The molecule has 0 aliphatic carbocycles. The van der Waals surface area contributed by atoms with Crippen LogP contribution >= 0.6 is 8.25 Å². The van der Waals surface area contributed by atoms with Crippen LogP contribution in [0.25, 0.3) is 11.2 Å². The summed E-state index contributed by atoms with van der Waals surface area (Å²) in [5.41, 5.74) is 6.42. The monoisotopic (exact) mass is 446 g/mol. The van der Waals surface area contributed by atoms with Crippen LogP contribution in [-0.2, 0) is 28.1 Å². The molecule has 14 nitrogen and oxygen atoms in total. The maximum atomic E-state index is 11.8. The normalized spacial score (nSPS) is 25.4. The van der Waals surface area contributed by atoms with Crippen molar-refractivity contribution >= 4 is 31.2 Å². The van der Waals surface area contributed by atoms with Crippen LogP contribution in [0.1, 0.15) is 19.0 Å². The Bertz CT molecular complexity index is 941. The predicted molar refractivity (Wildman–Crippen MR) is 97.7 cm³/mol. The standard InChI is InChI=1S/C15H20N5O9P/c1-3-26-14(23)15(29-30(24)25)27-4-7-9(21)10(22)13(28-7)20-5-17-8-11(16)18-6(2)19-12(8)20/h5,7,9-10,13,15,21-22H,3-4H2,1-2H3,(H2-,16,18,19,24,25)/p+1/t7-,9-,10-,13-,15+/m0/s1. The van der Waals surface area contributed by atoms with Crippen LogP contribution in [0.2, 0.25) is 0 Å². The third-order valence-electron chi connectivity index (χ3n) is 4.25. The van der Waals surface area contributed by atoms with Crippen molar-refractivity contribution in [1.29, 1.82) is 0 Å². The maximum Gasteiger partial charge on any atom is 0.698 e. The summed E-state index contributed by atoms with van der Waals surface area (Å²) in [5, 5.41) is 20.8. The van der Waals surface area contributed by atoms with Crippen molar-refractivity contribution in [2.45, 2.75) is 44.7 Å². The highest BCUT2D eigenvalue weighted by molar-refractivity contribution is 7.32. The van der Waals surface area contributed by atoms with E-state index in [1.165, 1.54) is 17.8 Å². The van der Waals surface area contributed by atoms with E-state index in [0.717, 1.165) is 0 Å². The lowest BCUT2D eigenvalue weighted by Crippen LogP contribution is -2.37. The van der Waals surface area contributed by atoms with Crippen LogP contribution in [0.15, 0.2) is 6.33 Å². The Morgan fingerprint density at radius 3 is 2.80 bits per heavy atom. The van der Waals surface area contributed by atoms with Gasteiger partial charge in [0, 0.05) is 4.57 Å². The first-order valence-electron chi connectivity index (χ1n) is 8.82. The molecule has 15 heteroatoms. The van der Waals surface area contributed by atoms with Gasteiger partial charge in [-0.2, -0.15) is 0 Å². The zero-order chi connectivity index (χ0) is 22.0. The average Bonchev–Trinajstić information content (AvgIpc) is 3.21. The summed E-state index contributed by atoms with van der Waals surface area (Å²) < 4.78 is 32.3. The van der Waals surface area contributed by atoms with Crippen LogP contribution in [0, 0.1) is 6.92 Å². The molecule has 3 heterocycles. The molecule has 2 aromatic heterocycles. The highest BCUT2D eigenvalue weighted by Gasteiger charge is 2.45. The number of esters is 1. The predicted octanol–water partition coefficient (Wildman–Crippen LogP) is -1.09. The number of rotatable bonds is 8. The van der Waals surface area contributed by atoms with E-state index in [0.29, 0.717) is 17.0 Å². The van der Waals surface area contributed by atoms with Crippen molar-refractivity contribution in [3.63, 3.8) is 0 Å². The van der Waals surface area contributed by atoms with Crippen LogP contribution in [0.4, 0.5) is 5.82 Å². The van der Waals surface area contributed by atoms with Crippen molar-refractivity contribution in [2.75, 3.05) is 18.9 Å². The molecule has 1 unspecified atom stereocenters. The molecule has 6 atom stereocenters. The van der Waals surface area contributed by atoms with Crippen LogP contribution in [0.3, 0.4) is 0 Å². The number of aromatic nitrogens is 4. The first-order chi connectivity index (χ1) is 14.2. The van der Waals surface area contributed by atoms with Crippen molar-refractivity contribution < 1.29 is 43.2 Å². The number of nitrogen functional groups attached to an aromatic ring is 1. The van der Waals surface area contributed by atoms with Gasteiger partial charge in [-0.3, -0.25) is 4.57 Å². The van der Waals surface area contributed by atoms with Gasteiger partial charge >= 0.3 is 20.5 Å². The molecule has 1 saturated heterocycles. The Morgan fingerprint density at radius 1 is 1.40 bits per heavy atom. The number of carbonyl (C=O) groups is 1. The Hall–Kier alpha value is -2.32. The molecule has 1 fully saturated rings. The van der Waals surface area contributed by atoms with Gasteiger partial charge in [0.05, 0.1) is 19.5 Å². The fourth-order valence-corrected chi connectivity index (χ4v) is 3.26. The average molecular weight is 446 g/mol. The van der Waals surface area contributed by atoms with Gasteiger partial charge in [0.15, 0.2) is 17.7 Å². The summed E-state index contributed by atoms with van der Waals surface area (Å²) >= 11 is 0. The molecule has 1 aliphatic rings. The van der Waals surface area contributed by atoms with Crippen molar-refractivity contribution in [1.82, 2.24) is 19.5 Å². The Kier molecular flexibility index (Phi) is 6.88. The number of nitrogens with two attached hydrogens (primary N) is 1. The lowest BCUT2D eigenvalue weighted by Gasteiger charge is -2.17. The van der Waals surface area contributed by atoms with Crippen LogP contribution in [0.5, 0.6) is 0 Å². The van der Waals surface area contributed by atoms with Gasteiger partial charge in [0.1, 0.15) is 29.7 Å². The number of nitrogens with zero attached hydrogens (tertiary/aromatic N) is 4. The number of anilines is 1. The van der Waals surface area contributed by atoms with Crippen molar-refractivity contribution in [3.8, 4) is 0 Å². The van der Waals surface area contributed by atoms with Gasteiger partial charge in [-0.25, -0.2) is 19.7 Å². The highest BCUT2D eigenvalue weighted by Crippen LogP contribution is 2.32. The number of hydrogen-bond donors (Lipinski definition) is 4. The number of hydrogen-bond acceptors (Lipinski definition) is 12. The zero-order valence-corrected chi connectivity index (χ0v) is 16.9. The van der Waals surface area contributed by atoms with Gasteiger partial charge in [0.25, 0.3) is 0 Å². The van der Waals surface area contributed by atoms with Crippen LogP contribution < -0.4 is 5.73 Å². The minimum atomic E-state index is -3.16. The number of aliphatic hydroxyl groups excluding tert-OH is 2. The van der Waals surface area contributed by atoms with E-state index in [9.17, 15) is 19.6 Å². The molecule has 30 heavy (non-hydrogen) atoms. The first kappa shape index (κ1) is 22.4. The van der Waals surface area contributed by atoms with E-state index in [4.69, 9.17) is 24.8 Å². The molecule has 0 spiro atoms. The fraction of sp³-hybridized carbons (Fsp3) is 0.600. The van der Waals surface area contributed by atoms with Gasteiger partial charge in [-0.15, -0.1) is 4.89 Å². The van der Waals surface area contributed by atoms with E-state index < -0.39 is 51.7 Å². The fourth-order valence-electron chi connectivity index (χ4n) is 2.95. The van der Waals surface area contributed by atoms with E-state index in [-0.39, 0.29) is 12.4 Å². The first-order valence-corrected chi connectivity index (χ1v) is 9.95. The molecule has 1 aliphatic heterocycles. The quantitative estimate of drug-likeness (QED) is 0.217. The number of aryl methyl sites for hydroxylation is 1. The maximum absolute atomic E-state index is 11.8. The van der Waals surface area contributed by atoms with Gasteiger partial charge in [-0.1, -0.05) is 4.52 Å². The van der Waals surface area contributed by atoms with E-state index in [1.54, 1.807) is 6.92 Å². The van der Waals surface area contributed by atoms with E-state index in [2.05, 4.69) is 19.5 Å². The molecule has 0 amide bonds. The number of aliphatic hydroxyl groups is 2. The summed E-state index contributed by atoms with van der Waals surface area (Å²) in [5.74, 6) is -0.498. The molecule has 3 rings (SSSR count). The van der Waals surface area contributed by atoms with Crippen molar-refractivity contribution in [2.24, 2.45) is 0 Å². The second kappa shape index (κ2) is 9.22. The highest BCUT2D eigenvalue weighted by atomic mass is 31.1. The summed E-state index contributed by atoms with van der Waals surface area (Å²) in [4.78, 5) is 33.0. The second-order valence-electron chi connectivity index (χ2n) is 6.29. The summed E-state index contributed by atoms with van der Waals surface area (Å²) in [6.07, 6.45) is -5.50. The van der Waals surface area contributed by atoms with Gasteiger partial charge in [-0.05, 0) is 13.8 Å². The smallest absolute Gasteiger partial charge is 0.462 e. The number of carbonyl (C=O) groups excluding carboxylic acids is 1. The topological polar surface area (TPSA) is 201 Å². The van der Waals surface area contributed by atoms with Crippen LogP contribution in [-0.4, -0.2) is 78.4 Å². The molecule has 0 bridgehead atoms. The number of ether oxygens (including phenoxy) is 3. The summed E-state index contributed by atoms with van der Waals surface area (Å²) in [6, 6.07) is 0. The third kappa shape index (κ3) is 4.54. The Morgan fingerprint density at radius 2 is 2.13 bits per heavy atom. The molecule has 0 aromatic carbocycles. The minimum absolute atomic E-state index is 0.00822. The van der Waals surface area contributed by atoms with Gasteiger partial charge in [0.2, 0.25) is 0 Å². The molecule has 0 saturated carbocycles. The summed E-state index contributed by atoms with van der Waals surface area (Å²) in [7, 11) is -3.16. The largest absolute Gasteiger partial charge is 0.698 e. The van der Waals surface area contributed by atoms with Gasteiger partial charge < -0.3 is 30.2 Å². The zero-order valence-electron chi connectivity index (χ0n) is 16.0. The summed E-state index contributed by atoms with van der Waals surface area (Å²) in [6.45, 7) is 2.70. The molecule has 2 aromatic rings. The molecular formula is C15H21N5O9P+. The molecule has 0 radical (unpaired) electrons. The lowest BCUT2D eigenvalue weighted by atomic mass is 10.1. The lowest BCUT2D eigenvalue weighted by molar-refractivity contribution is -0.185. The molecule has 164 valence electrons. The number of imidazole rings is 1. The molecule has 5 N–H and O–H groups in total. The van der Waals surface area contributed by atoms with E-state index >= 15 is 0 Å². The minimum Gasteiger partial charge on any atom is -0.462 e.